The Labute approximate surface area is 231 Å². The number of piperidine rings is 1. The molecule has 2 aromatic carbocycles. The van der Waals surface area contributed by atoms with E-state index in [0.29, 0.717) is 25.0 Å². The molecule has 1 aliphatic carbocycles. The highest BCUT2D eigenvalue weighted by Crippen LogP contribution is 2.47. The normalized spacial score (nSPS) is 20.2. The van der Waals surface area contributed by atoms with E-state index in [2.05, 4.69) is 54.8 Å². The Morgan fingerprint density at radius 2 is 1.74 bits per heavy atom. The number of methoxy groups -OCH3 is 1. The fraction of sp³-hybridized carbons (Fsp3) is 0.515. The summed E-state index contributed by atoms with van der Waals surface area (Å²) >= 11 is 0. The summed E-state index contributed by atoms with van der Waals surface area (Å²) in [4.78, 5) is 31.4. The van der Waals surface area contributed by atoms with Crippen LogP contribution in [0.3, 0.4) is 0 Å². The molecule has 0 bridgehead atoms. The Bertz CT molecular complexity index is 1400. The third-order valence-electron chi connectivity index (χ3n) is 9.13. The summed E-state index contributed by atoms with van der Waals surface area (Å²) in [5.74, 6) is 0.851. The second kappa shape index (κ2) is 10.8. The van der Waals surface area contributed by atoms with Crippen LogP contribution in [-0.4, -0.2) is 54.6 Å². The second-order valence-electron chi connectivity index (χ2n) is 12.0. The van der Waals surface area contributed by atoms with E-state index in [1.54, 1.807) is 12.0 Å². The van der Waals surface area contributed by atoms with Gasteiger partial charge in [0, 0.05) is 36.7 Å². The number of aryl methyl sites for hydroxylation is 2. The summed E-state index contributed by atoms with van der Waals surface area (Å²) in [6, 6.07) is 13.1. The molecule has 0 spiro atoms. The maximum atomic E-state index is 14.1. The molecule has 1 saturated heterocycles. The standard InChI is InChI=1S/C33H41N3O3/c1-22-11-13-26-28(16-22)36-20-31(38)35(19-30(37)34-15-7-8-24(18-34)21-39-3)29-17-23(2)12-14-27(29)33(36)32(26)25-9-5-4-6-10-25/h11-14,16-17,24-25H,4-10,15,18-21H2,1-3H3/t24-/m1/s1. The van der Waals surface area contributed by atoms with Crippen LogP contribution in [0.5, 0.6) is 0 Å². The summed E-state index contributed by atoms with van der Waals surface area (Å²) in [5, 5.41) is 1.28. The monoisotopic (exact) mass is 527 g/mol. The first-order valence-electron chi connectivity index (χ1n) is 14.8. The first kappa shape index (κ1) is 26.1. The number of nitrogens with zero attached hydrogens (tertiary/aromatic N) is 3. The number of likely N-dealkylation sites (tertiary alicyclic amines) is 1. The second-order valence-corrected chi connectivity index (χ2v) is 12.0. The molecule has 0 unspecified atom stereocenters. The van der Waals surface area contributed by atoms with E-state index in [9.17, 15) is 9.59 Å². The minimum Gasteiger partial charge on any atom is -0.384 e. The molecular formula is C33H41N3O3. The number of rotatable bonds is 5. The molecule has 39 heavy (non-hydrogen) atoms. The van der Waals surface area contributed by atoms with E-state index in [-0.39, 0.29) is 24.9 Å². The number of hydrogen-bond donors (Lipinski definition) is 0. The molecule has 3 aromatic rings. The van der Waals surface area contributed by atoms with Crippen LogP contribution in [0.15, 0.2) is 36.4 Å². The molecule has 1 aromatic heterocycles. The smallest absolute Gasteiger partial charge is 0.247 e. The molecule has 6 nitrogen and oxygen atoms in total. The van der Waals surface area contributed by atoms with Gasteiger partial charge >= 0.3 is 0 Å². The Balaban J connectivity index is 1.45. The molecule has 2 aliphatic heterocycles. The molecule has 2 fully saturated rings. The molecule has 6 heteroatoms. The number of fused-ring (bicyclic) bond motifs is 5. The van der Waals surface area contributed by atoms with Gasteiger partial charge in [0.1, 0.15) is 13.1 Å². The van der Waals surface area contributed by atoms with E-state index >= 15 is 0 Å². The van der Waals surface area contributed by atoms with Gasteiger partial charge < -0.3 is 19.1 Å². The number of amides is 2. The SMILES string of the molecule is COC[C@@H]1CCCN(C(=O)CN2C(=O)Cn3c(c(C4CCCCC4)c4ccc(C)cc43)-c3ccc(C)cc32)C1. The van der Waals surface area contributed by atoms with Crippen molar-refractivity contribution in [2.24, 2.45) is 5.92 Å². The summed E-state index contributed by atoms with van der Waals surface area (Å²) in [6.45, 7) is 6.63. The Kier molecular flexibility index (Phi) is 7.23. The molecule has 2 amide bonds. The lowest BCUT2D eigenvalue weighted by Gasteiger charge is -2.34. The quantitative estimate of drug-likeness (QED) is 0.397. The van der Waals surface area contributed by atoms with Crippen LogP contribution in [0, 0.1) is 19.8 Å². The van der Waals surface area contributed by atoms with Crippen molar-refractivity contribution in [2.45, 2.75) is 71.3 Å². The van der Waals surface area contributed by atoms with Crippen molar-refractivity contribution in [2.75, 3.05) is 38.3 Å². The zero-order valence-electron chi connectivity index (χ0n) is 23.7. The van der Waals surface area contributed by atoms with E-state index < -0.39 is 0 Å². The van der Waals surface area contributed by atoms with Gasteiger partial charge in [-0.15, -0.1) is 0 Å². The van der Waals surface area contributed by atoms with Crippen LogP contribution in [-0.2, 0) is 20.9 Å². The van der Waals surface area contributed by atoms with Crippen LogP contribution in [0.1, 0.15) is 67.6 Å². The highest BCUT2D eigenvalue weighted by molar-refractivity contribution is 6.07. The fourth-order valence-electron chi connectivity index (χ4n) is 7.24. The maximum Gasteiger partial charge on any atom is 0.247 e. The first-order valence-corrected chi connectivity index (χ1v) is 14.8. The predicted octanol–water partition coefficient (Wildman–Crippen LogP) is 6.20. The van der Waals surface area contributed by atoms with Gasteiger partial charge in [0.05, 0.1) is 18.0 Å². The Hall–Kier alpha value is -3.12. The van der Waals surface area contributed by atoms with E-state index in [4.69, 9.17) is 4.74 Å². The maximum absolute atomic E-state index is 14.1. The largest absolute Gasteiger partial charge is 0.384 e. The average molecular weight is 528 g/mol. The van der Waals surface area contributed by atoms with Gasteiger partial charge in [-0.1, -0.05) is 43.5 Å². The molecule has 3 heterocycles. The third kappa shape index (κ3) is 4.88. The molecule has 0 N–H and O–H groups in total. The van der Waals surface area contributed by atoms with Crippen LogP contribution in [0.2, 0.25) is 0 Å². The minimum absolute atomic E-state index is 0.0204. The number of hydrogen-bond acceptors (Lipinski definition) is 3. The predicted molar refractivity (Wildman–Crippen MR) is 156 cm³/mol. The molecule has 6 rings (SSSR count). The highest BCUT2D eigenvalue weighted by Gasteiger charge is 2.35. The number of benzene rings is 2. The van der Waals surface area contributed by atoms with E-state index in [1.165, 1.54) is 54.3 Å². The van der Waals surface area contributed by atoms with Crippen molar-refractivity contribution in [3.8, 4) is 11.3 Å². The molecule has 1 saturated carbocycles. The van der Waals surface area contributed by atoms with Crippen molar-refractivity contribution in [1.82, 2.24) is 9.47 Å². The Morgan fingerprint density at radius 3 is 2.54 bits per heavy atom. The molecule has 3 aliphatic rings. The van der Waals surface area contributed by atoms with Crippen molar-refractivity contribution in [3.05, 3.63) is 53.1 Å². The third-order valence-corrected chi connectivity index (χ3v) is 9.13. The van der Waals surface area contributed by atoms with Crippen LogP contribution in [0.25, 0.3) is 22.2 Å². The number of carbonyl (C=O) groups is 2. The summed E-state index contributed by atoms with van der Waals surface area (Å²) in [5.41, 5.74) is 7.95. The Morgan fingerprint density at radius 1 is 0.974 bits per heavy atom. The molecule has 0 radical (unpaired) electrons. The van der Waals surface area contributed by atoms with Gasteiger partial charge in [-0.3, -0.25) is 9.59 Å². The first-order chi connectivity index (χ1) is 18.9. The average Bonchev–Trinajstić information content (AvgIpc) is 3.19. The summed E-state index contributed by atoms with van der Waals surface area (Å²) in [7, 11) is 1.72. The summed E-state index contributed by atoms with van der Waals surface area (Å²) in [6.07, 6.45) is 8.24. The van der Waals surface area contributed by atoms with Gasteiger partial charge in [0.25, 0.3) is 0 Å². The van der Waals surface area contributed by atoms with Crippen molar-refractivity contribution < 1.29 is 14.3 Å². The number of ether oxygens (including phenoxy) is 1. The van der Waals surface area contributed by atoms with Gasteiger partial charge in [0.15, 0.2) is 0 Å². The lowest BCUT2D eigenvalue weighted by atomic mass is 9.81. The van der Waals surface area contributed by atoms with Gasteiger partial charge in [-0.25, -0.2) is 0 Å². The number of carbonyl (C=O) groups excluding carboxylic acids is 2. The summed E-state index contributed by atoms with van der Waals surface area (Å²) < 4.78 is 7.63. The molecule has 206 valence electrons. The molecular weight excluding hydrogens is 486 g/mol. The van der Waals surface area contributed by atoms with Crippen LogP contribution >= 0.6 is 0 Å². The van der Waals surface area contributed by atoms with E-state index in [1.807, 2.05) is 4.90 Å². The van der Waals surface area contributed by atoms with Gasteiger partial charge in [-0.2, -0.15) is 0 Å². The lowest BCUT2D eigenvalue weighted by molar-refractivity contribution is -0.133. The van der Waals surface area contributed by atoms with Crippen LogP contribution < -0.4 is 4.90 Å². The van der Waals surface area contributed by atoms with Gasteiger partial charge in [-0.05, 0) is 80.2 Å². The molecule has 1 atom stereocenters. The van der Waals surface area contributed by atoms with Crippen LogP contribution in [0.4, 0.5) is 5.69 Å². The van der Waals surface area contributed by atoms with Crippen molar-refractivity contribution in [1.29, 1.82) is 0 Å². The number of aromatic nitrogens is 1. The fourth-order valence-corrected chi connectivity index (χ4v) is 7.24. The van der Waals surface area contributed by atoms with Gasteiger partial charge in [0.2, 0.25) is 11.8 Å². The zero-order valence-corrected chi connectivity index (χ0v) is 23.7. The van der Waals surface area contributed by atoms with E-state index in [0.717, 1.165) is 41.7 Å². The minimum atomic E-state index is -0.0204. The zero-order chi connectivity index (χ0) is 27.1. The topological polar surface area (TPSA) is 54.8 Å². The van der Waals surface area contributed by atoms with Crippen molar-refractivity contribution >= 4 is 28.4 Å². The number of anilines is 1. The lowest BCUT2D eigenvalue weighted by Crippen LogP contribution is -2.47. The van der Waals surface area contributed by atoms with Crippen molar-refractivity contribution in [3.63, 3.8) is 0 Å². The highest BCUT2D eigenvalue weighted by atomic mass is 16.5.